The SMILES string of the molecule is CC(C)=CC1CC(C)(O)C2C3CCC4[C@@]5(C)CC[C@H](O[C@@H]6OC[C@H](O)[C@H](O[C@@H]7O[C@H](CO[C@@H]8O[C@H](CO)[C@@H](O)[C@H](O)[C@H]8O)[C@@H](O)[C@H](O)[C@H]7O)[C@H]6O[C@@H]6O[C@@H](CO)[C@H](O)[C@H]6O)C(C)(C)C5CC[C@@]4(C)[C@@]34CO[C@@]2(C4)O1. The summed E-state index contributed by atoms with van der Waals surface area (Å²) >= 11 is 0. The second-order valence-electron chi connectivity index (χ2n) is 25.3. The molecular weight excluding hydrogens is 977 g/mol. The van der Waals surface area contributed by atoms with Crippen LogP contribution in [-0.2, 0) is 47.4 Å². The molecule has 10 aliphatic rings. The van der Waals surface area contributed by atoms with Gasteiger partial charge in [-0.2, -0.15) is 0 Å². The first-order valence-corrected chi connectivity index (χ1v) is 27.0. The third kappa shape index (κ3) is 8.83. The van der Waals surface area contributed by atoms with Crippen molar-refractivity contribution in [2.24, 2.45) is 45.3 Å². The zero-order chi connectivity index (χ0) is 53.4. The maximum Gasteiger partial charge on any atom is 0.187 e. The number of rotatable bonds is 12. The van der Waals surface area contributed by atoms with Gasteiger partial charge in [-0.1, -0.05) is 39.3 Å². The van der Waals surface area contributed by atoms with E-state index in [0.717, 1.165) is 44.1 Å². The van der Waals surface area contributed by atoms with Crippen molar-refractivity contribution in [1.29, 1.82) is 0 Å². The fourth-order valence-corrected chi connectivity index (χ4v) is 17.0. The minimum absolute atomic E-state index is 0.108. The molecule has 4 saturated carbocycles. The van der Waals surface area contributed by atoms with E-state index in [4.69, 9.17) is 47.4 Å². The van der Waals surface area contributed by atoms with Crippen molar-refractivity contribution in [3.8, 4) is 0 Å². The van der Waals surface area contributed by atoms with Gasteiger partial charge in [-0.25, -0.2) is 0 Å². The normalized spacial score (nSPS) is 56.7. The molecule has 10 fully saturated rings. The average molecular weight is 1060 g/mol. The van der Waals surface area contributed by atoms with Crippen LogP contribution < -0.4 is 0 Å². The molecule has 6 unspecified atom stereocenters. The van der Waals surface area contributed by atoms with Gasteiger partial charge in [-0.15, -0.1) is 0 Å². The van der Waals surface area contributed by atoms with E-state index in [1.54, 1.807) is 0 Å². The van der Waals surface area contributed by atoms with Crippen molar-refractivity contribution >= 4 is 0 Å². The maximum atomic E-state index is 12.3. The Bertz CT molecular complexity index is 2020. The van der Waals surface area contributed by atoms with Gasteiger partial charge in [-0.05, 0) is 93.3 Å². The van der Waals surface area contributed by atoms with Crippen molar-refractivity contribution in [3.05, 3.63) is 11.6 Å². The predicted octanol–water partition coefficient (Wildman–Crippen LogP) is -1.57. The Balaban J connectivity index is 0.879. The van der Waals surface area contributed by atoms with E-state index in [0.29, 0.717) is 25.4 Å². The van der Waals surface area contributed by atoms with E-state index >= 15 is 0 Å². The second kappa shape index (κ2) is 20.1. The molecule has 12 N–H and O–H groups in total. The summed E-state index contributed by atoms with van der Waals surface area (Å²) in [6.45, 7) is 13.6. The summed E-state index contributed by atoms with van der Waals surface area (Å²) in [5.41, 5.74) is -0.717. The molecular formula is C52H84O22. The Morgan fingerprint density at radius 1 is 0.635 bits per heavy atom. The topological polar surface area (TPSA) is 335 Å². The number of hydrogen-bond donors (Lipinski definition) is 12. The third-order valence-electron chi connectivity index (χ3n) is 20.5. The van der Waals surface area contributed by atoms with Gasteiger partial charge in [0.15, 0.2) is 30.9 Å². The lowest BCUT2D eigenvalue weighted by Crippen LogP contribution is -2.67. The summed E-state index contributed by atoms with van der Waals surface area (Å²) in [6, 6.07) is 0. The van der Waals surface area contributed by atoms with Gasteiger partial charge in [0.25, 0.3) is 0 Å². The number of allylic oxidation sites excluding steroid dienone is 1. The van der Waals surface area contributed by atoms with Gasteiger partial charge < -0.3 is 109 Å². The van der Waals surface area contributed by atoms with Crippen molar-refractivity contribution < 1.29 is 109 Å². The third-order valence-corrected chi connectivity index (χ3v) is 20.5. The van der Waals surface area contributed by atoms with Crippen LogP contribution in [0.25, 0.3) is 0 Å². The van der Waals surface area contributed by atoms with Crippen LogP contribution in [0.1, 0.15) is 99.8 Å². The molecule has 0 aromatic carbocycles. The molecule has 22 heteroatoms. The summed E-state index contributed by atoms with van der Waals surface area (Å²) in [6.07, 6.45) is -21.2. The van der Waals surface area contributed by atoms with Gasteiger partial charge in [0.2, 0.25) is 0 Å². The minimum atomic E-state index is -1.94. The van der Waals surface area contributed by atoms with E-state index < -0.39 is 153 Å². The fraction of sp³-hybridized carbons (Fsp3) is 0.962. The highest BCUT2D eigenvalue weighted by molar-refractivity contribution is 5.27. The first-order valence-electron chi connectivity index (χ1n) is 27.0. The number of aliphatic hydroxyl groups is 12. The van der Waals surface area contributed by atoms with Crippen LogP contribution in [0.5, 0.6) is 0 Å². The molecule has 0 aromatic rings. The summed E-state index contributed by atoms with van der Waals surface area (Å²) in [5.74, 6) is -0.233. The molecule has 424 valence electrons. The predicted molar refractivity (Wildman–Crippen MR) is 251 cm³/mol. The Morgan fingerprint density at radius 3 is 1.89 bits per heavy atom. The molecule has 0 aromatic heterocycles. The Kier molecular flexibility index (Phi) is 15.3. The summed E-state index contributed by atoms with van der Waals surface area (Å²) < 4.78 is 62.4. The standard InChI is InChI=1S/C52H84O22/c1-22(2)14-23-15-50(7,64)42-24-8-9-30-48(5)12-11-31(47(3,4)29(48)10-13-49(30,6)51(24)20-52(42,74-23)67-21-51)71-46-41(73-44-37(61)33(57)27(17-54)69-44)40(25(55)18-65-46)72-45-39(63)36(60)34(58)28(70-45)19-66-43-38(62)35(59)32(56)26(16-53)68-43/h14,23-46,53-64H,8-13,15-21H2,1-7H3/t23?,24?,25-,26+,27-,28+,29?,30?,31-,32+,33-,34+,35-,36-,37+,38+,39+,40-,41+,42?,43+,44-,45-,46-,48-,49+,50?,51-,52-/m0/s1. The molecule has 0 radical (unpaired) electrons. The molecule has 22 nitrogen and oxygen atoms in total. The summed E-state index contributed by atoms with van der Waals surface area (Å²) in [5, 5.41) is 130. The van der Waals surface area contributed by atoms with E-state index in [1.807, 2.05) is 6.92 Å². The van der Waals surface area contributed by atoms with Crippen molar-refractivity contribution in [2.45, 2.75) is 234 Å². The average Bonchev–Trinajstić information content (AvgIpc) is 3.96. The highest BCUT2D eigenvalue weighted by Crippen LogP contribution is 2.80. The highest BCUT2D eigenvalue weighted by Gasteiger charge is 2.81. The number of ether oxygens (including phenoxy) is 10. The molecule has 2 bridgehead atoms. The molecule has 74 heavy (non-hydrogen) atoms. The molecule has 6 aliphatic heterocycles. The lowest BCUT2D eigenvalue weighted by Gasteiger charge is -2.70. The van der Waals surface area contributed by atoms with Crippen LogP contribution in [0.2, 0.25) is 0 Å². The fourth-order valence-electron chi connectivity index (χ4n) is 17.0. The largest absolute Gasteiger partial charge is 0.394 e. The molecule has 0 amide bonds. The minimum Gasteiger partial charge on any atom is -0.394 e. The van der Waals surface area contributed by atoms with Crippen molar-refractivity contribution in [1.82, 2.24) is 0 Å². The van der Waals surface area contributed by atoms with Gasteiger partial charge >= 0.3 is 0 Å². The summed E-state index contributed by atoms with van der Waals surface area (Å²) in [4.78, 5) is 0. The van der Waals surface area contributed by atoms with Crippen LogP contribution in [0, 0.1) is 45.3 Å². The van der Waals surface area contributed by atoms with E-state index in [1.165, 1.54) is 0 Å². The molecule has 6 saturated heterocycles. The smallest absolute Gasteiger partial charge is 0.187 e. The van der Waals surface area contributed by atoms with Crippen LogP contribution in [0.4, 0.5) is 0 Å². The van der Waals surface area contributed by atoms with Crippen LogP contribution in [0.15, 0.2) is 11.6 Å². The maximum absolute atomic E-state index is 12.3. The number of hydrogen-bond acceptors (Lipinski definition) is 22. The molecule has 2 spiro atoms. The zero-order valence-electron chi connectivity index (χ0n) is 43.6. The first kappa shape index (κ1) is 56.1. The number of fused-ring (bicyclic) bond motifs is 4. The van der Waals surface area contributed by atoms with E-state index in [9.17, 15) is 61.3 Å². The molecule has 10 rings (SSSR count). The monoisotopic (exact) mass is 1060 g/mol. The van der Waals surface area contributed by atoms with Crippen molar-refractivity contribution in [3.63, 3.8) is 0 Å². The second-order valence-corrected chi connectivity index (χ2v) is 25.3. The van der Waals surface area contributed by atoms with Gasteiger partial charge in [0.1, 0.15) is 85.5 Å². The Hall–Kier alpha value is -1.14. The van der Waals surface area contributed by atoms with E-state index in [-0.39, 0.29) is 46.7 Å². The van der Waals surface area contributed by atoms with Gasteiger partial charge in [-0.3, -0.25) is 0 Å². The lowest BCUT2D eigenvalue weighted by molar-refractivity contribution is -0.378. The van der Waals surface area contributed by atoms with Crippen molar-refractivity contribution in [2.75, 3.05) is 33.0 Å². The first-order chi connectivity index (χ1) is 34.8. The summed E-state index contributed by atoms with van der Waals surface area (Å²) in [7, 11) is 0. The van der Waals surface area contributed by atoms with Crippen LogP contribution >= 0.6 is 0 Å². The Labute approximate surface area is 431 Å². The molecule has 6 heterocycles. The van der Waals surface area contributed by atoms with E-state index in [2.05, 4.69) is 47.6 Å². The quantitative estimate of drug-likeness (QED) is 0.0776. The van der Waals surface area contributed by atoms with Crippen LogP contribution in [-0.4, -0.2) is 229 Å². The Morgan fingerprint density at radius 2 is 1.23 bits per heavy atom. The molecule has 4 aliphatic carbocycles. The highest BCUT2D eigenvalue weighted by atomic mass is 16.8. The van der Waals surface area contributed by atoms with Gasteiger partial charge in [0.05, 0.1) is 50.8 Å². The lowest BCUT2D eigenvalue weighted by atomic mass is 9.35. The van der Waals surface area contributed by atoms with Crippen LogP contribution in [0.3, 0.4) is 0 Å². The molecule has 29 atom stereocenters. The van der Waals surface area contributed by atoms with Gasteiger partial charge in [0, 0.05) is 24.2 Å². The zero-order valence-corrected chi connectivity index (χ0v) is 43.6. The number of aliphatic hydroxyl groups excluding tert-OH is 11.